The largest absolute Gasteiger partial charge is 0.457 e. The van der Waals surface area contributed by atoms with E-state index < -0.39 is 0 Å². The monoisotopic (exact) mass is 472 g/mol. The van der Waals surface area contributed by atoms with Crippen LogP contribution in [0.25, 0.3) is 0 Å². The number of nitrogens with zero attached hydrogens (tertiary/aromatic N) is 2. The molecule has 0 saturated carbocycles. The van der Waals surface area contributed by atoms with Crippen LogP contribution in [0.3, 0.4) is 0 Å². The first-order valence-corrected chi connectivity index (χ1v) is 13.0. The van der Waals surface area contributed by atoms with Gasteiger partial charge in [0.2, 0.25) is 0 Å². The Morgan fingerprint density at radius 3 is 1.30 bits per heavy atom. The van der Waals surface area contributed by atoms with E-state index in [0.29, 0.717) is 0 Å². The van der Waals surface area contributed by atoms with Crippen molar-refractivity contribution in [1.29, 1.82) is 0 Å². The number of thiocarbonyl (C=S) groups is 2. The molecular weight excluding hydrogens is 453 g/mol. The fourth-order valence-electron chi connectivity index (χ4n) is 1.58. The number of benzene rings is 2. The van der Waals surface area contributed by atoms with Crippen molar-refractivity contribution in [3.8, 4) is 11.5 Å². The summed E-state index contributed by atoms with van der Waals surface area (Å²) >= 11 is 10.6. The van der Waals surface area contributed by atoms with Gasteiger partial charge in [-0.3, -0.25) is 0 Å². The minimum Gasteiger partial charge on any atom is -0.457 e. The molecule has 0 radical (unpaired) electrons. The zero-order valence-electron chi connectivity index (χ0n) is 15.4. The standard InChI is InChI=1S/C18H20N2OS6/c1-19(2)17(22)26-24-15-9-5-13(6-10-15)21-14-7-11-16(12-8-14)25-27-18(23)20(3)4/h5-12H,1-4H3. The second kappa shape index (κ2) is 11.4. The van der Waals surface area contributed by atoms with Crippen LogP contribution in [-0.4, -0.2) is 46.6 Å². The van der Waals surface area contributed by atoms with Crippen LogP contribution in [0.2, 0.25) is 0 Å². The summed E-state index contributed by atoms with van der Waals surface area (Å²) < 4.78 is 7.62. The van der Waals surface area contributed by atoms with Gasteiger partial charge in [0.25, 0.3) is 0 Å². The zero-order valence-corrected chi connectivity index (χ0v) is 20.3. The van der Waals surface area contributed by atoms with Gasteiger partial charge in [-0.25, -0.2) is 0 Å². The zero-order chi connectivity index (χ0) is 19.8. The third-order valence-electron chi connectivity index (χ3n) is 3.03. The number of ether oxygens (including phenoxy) is 1. The highest BCUT2D eigenvalue weighted by Gasteiger charge is 2.05. The number of hydrogen-bond acceptors (Lipinski definition) is 7. The molecule has 0 amide bonds. The quantitative estimate of drug-likeness (QED) is 0.336. The van der Waals surface area contributed by atoms with Crippen LogP contribution in [0.5, 0.6) is 11.5 Å². The third-order valence-corrected chi connectivity index (χ3v) is 9.61. The Labute approximate surface area is 187 Å². The predicted molar refractivity (Wildman–Crippen MR) is 132 cm³/mol. The Morgan fingerprint density at radius 2 is 1.00 bits per heavy atom. The minimum atomic E-state index is 0.808. The molecule has 144 valence electrons. The van der Waals surface area contributed by atoms with Crippen LogP contribution in [0.15, 0.2) is 58.3 Å². The van der Waals surface area contributed by atoms with Crippen LogP contribution in [0, 0.1) is 0 Å². The molecule has 27 heavy (non-hydrogen) atoms. The molecule has 0 spiro atoms. The van der Waals surface area contributed by atoms with Crippen molar-refractivity contribution in [3.05, 3.63) is 48.5 Å². The molecule has 0 aliphatic heterocycles. The van der Waals surface area contributed by atoms with Gasteiger partial charge in [-0.1, -0.05) is 46.0 Å². The smallest absolute Gasteiger partial charge is 0.146 e. The summed E-state index contributed by atoms with van der Waals surface area (Å²) in [5.41, 5.74) is 0. The molecule has 0 unspecified atom stereocenters. The van der Waals surface area contributed by atoms with Crippen molar-refractivity contribution >= 4 is 76.3 Å². The molecule has 0 fully saturated rings. The van der Waals surface area contributed by atoms with Crippen molar-refractivity contribution in [2.75, 3.05) is 28.2 Å². The van der Waals surface area contributed by atoms with Gasteiger partial charge in [0.15, 0.2) is 0 Å². The first-order valence-electron chi connectivity index (χ1n) is 7.85. The SMILES string of the molecule is CN(C)C(=S)SSc1ccc(Oc2ccc(SSC(=S)N(C)C)cc2)cc1. The van der Waals surface area contributed by atoms with Gasteiger partial charge in [0.1, 0.15) is 20.1 Å². The average Bonchev–Trinajstić information content (AvgIpc) is 2.66. The Hall–Kier alpha value is -0.580. The Balaban J connectivity index is 1.86. The summed E-state index contributed by atoms with van der Waals surface area (Å²) in [6, 6.07) is 16.0. The lowest BCUT2D eigenvalue weighted by Gasteiger charge is -2.12. The molecule has 0 N–H and O–H groups in total. The molecule has 2 aromatic carbocycles. The summed E-state index contributed by atoms with van der Waals surface area (Å²) in [5.74, 6) is 1.62. The van der Waals surface area contributed by atoms with Gasteiger partial charge in [0, 0.05) is 38.0 Å². The lowest BCUT2D eigenvalue weighted by molar-refractivity contribution is 0.482. The summed E-state index contributed by atoms with van der Waals surface area (Å²) in [4.78, 5) is 6.13. The molecule has 2 aromatic rings. The van der Waals surface area contributed by atoms with E-state index in [4.69, 9.17) is 29.2 Å². The van der Waals surface area contributed by atoms with E-state index in [1.807, 2.05) is 86.5 Å². The van der Waals surface area contributed by atoms with Crippen LogP contribution >= 0.6 is 67.6 Å². The molecule has 0 saturated heterocycles. The number of hydrogen-bond donors (Lipinski definition) is 0. The highest BCUT2D eigenvalue weighted by atomic mass is 33.1. The molecule has 3 nitrogen and oxygen atoms in total. The van der Waals surface area contributed by atoms with Crippen molar-refractivity contribution in [1.82, 2.24) is 9.80 Å². The molecule has 0 aliphatic rings. The normalized spacial score (nSPS) is 10.4. The van der Waals surface area contributed by atoms with E-state index in [1.165, 1.54) is 0 Å². The van der Waals surface area contributed by atoms with E-state index >= 15 is 0 Å². The Bertz CT molecular complexity index is 697. The molecule has 0 heterocycles. The van der Waals surface area contributed by atoms with Gasteiger partial charge in [-0.2, -0.15) is 0 Å². The summed E-state index contributed by atoms with van der Waals surface area (Å²) in [6.07, 6.45) is 0. The highest BCUT2D eigenvalue weighted by molar-refractivity contribution is 8.84. The molecule has 0 bridgehead atoms. The molecular formula is C18H20N2OS6. The second-order valence-corrected chi connectivity index (χ2v) is 11.4. The van der Waals surface area contributed by atoms with Crippen LogP contribution in [0.4, 0.5) is 0 Å². The third kappa shape index (κ3) is 8.13. The maximum absolute atomic E-state index is 5.92. The Kier molecular flexibility index (Phi) is 9.61. The first kappa shape index (κ1) is 22.7. The van der Waals surface area contributed by atoms with Gasteiger partial charge < -0.3 is 14.5 Å². The van der Waals surface area contributed by atoms with Crippen molar-refractivity contribution < 1.29 is 4.74 Å². The van der Waals surface area contributed by atoms with Crippen molar-refractivity contribution in [3.63, 3.8) is 0 Å². The fourth-order valence-corrected chi connectivity index (χ4v) is 5.89. The first-order chi connectivity index (χ1) is 12.8. The van der Waals surface area contributed by atoms with Crippen molar-refractivity contribution in [2.45, 2.75) is 9.79 Å². The lowest BCUT2D eigenvalue weighted by Crippen LogP contribution is -2.14. The van der Waals surface area contributed by atoms with Crippen molar-refractivity contribution in [2.24, 2.45) is 0 Å². The van der Waals surface area contributed by atoms with Gasteiger partial charge in [-0.15, -0.1) is 0 Å². The van der Waals surface area contributed by atoms with E-state index in [1.54, 1.807) is 43.2 Å². The minimum absolute atomic E-state index is 0.808. The molecule has 0 aliphatic carbocycles. The summed E-state index contributed by atoms with van der Waals surface area (Å²) in [6.45, 7) is 0. The van der Waals surface area contributed by atoms with Crippen LogP contribution in [-0.2, 0) is 0 Å². The van der Waals surface area contributed by atoms with Crippen LogP contribution < -0.4 is 4.74 Å². The molecule has 0 aromatic heterocycles. The highest BCUT2D eigenvalue weighted by Crippen LogP contribution is 2.36. The molecule has 0 atom stereocenters. The molecule has 9 heteroatoms. The van der Waals surface area contributed by atoms with Gasteiger partial charge in [0.05, 0.1) is 0 Å². The maximum Gasteiger partial charge on any atom is 0.146 e. The number of rotatable bonds is 6. The van der Waals surface area contributed by atoms with E-state index in [9.17, 15) is 0 Å². The maximum atomic E-state index is 5.92. The van der Waals surface area contributed by atoms with Crippen LogP contribution in [0.1, 0.15) is 0 Å². The van der Waals surface area contributed by atoms with E-state index in [0.717, 1.165) is 29.9 Å². The topological polar surface area (TPSA) is 15.7 Å². The Morgan fingerprint density at radius 1 is 0.667 bits per heavy atom. The predicted octanol–water partition coefficient (Wildman–Crippen LogP) is 6.65. The summed E-state index contributed by atoms with van der Waals surface area (Å²) in [7, 11) is 14.2. The fraction of sp³-hybridized carbons (Fsp3) is 0.222. The summed E-state index contributed by atoms with van der Waals surface area (Å²) in [5, 5.41) is 0. The lowest BCUT2D eigenvalue weighted by atomic mass is 10.3. The average molecular weight is 473 g/mol. The van der Waals surface area contributed by atoms with E-state index in [-0.39, 0.29) is 0 Å². The molecule has 2 rings (SSSR count). The van der Waals surface area contributed by atoms with Gasteiger partial charge >= 0.3 is 0 Å². The van der Waals surface area contributed by atoms with E-state index in [2.05, 4.69) is 0 Å². The second-order valence-electron chi connectivity index (χ2n) is 5.70. The van der Waals surface area contributed by atoms with Gasteiger partial charge in [-0.05, 0) is 70.1 Å².